The van der Waals surface area contributed by atoms with Crippen molar-refractivity contribution < 1.29 is 37.6 Å². The van der Waals surface area contributed by atoms with Crippen LogP contribution in [-0.2, 0) is 17.5 Å². The minimum atomic E-state index is -4.82. The number of ether oxygens (including phenoxy) is 1. The van der Waals surface area contributed by atoms with Crippen molar-refractivity contribution in [3.63, 3.8) is 0 Å². The second kappa shape index (κ2) is 8.00. The molecule has 3 aromatic rings. The lowest BCUT2D eigenvalue weighted by Gasteiger charge is -2.16. The second-order valence-corrected chi connectivity index (χ2v) is 6.94. The van der Waals surface area contributed by atoms with Gasteiger partial charge in [-0.25, -0.2) is 19.3 Å². The fourth-order valence-electron chi connectivity index (χ4n) is 3.36. The molecule has 0 unspecified atom stereocenters. The molecule has 0 aliphatic carbocycles. The van der Waals surface area contributed by atoms with Gasteiger partial charge in [0.05, 0.1) is 18.5 Å². The van der Waals surface area contributed by atoms with Crippen LogP contribution in [0.5, 0.6) is 0 Å². The van der Waals surface area contributed by atoms with Gasteiger partial charge in [0.2, 0.25) is 0 Å². The maximum atomic E-state index is 13.5. The molecule has 2 aromatic heterocycles. The number of alkyl halides is 3. The number of aromatic nitrogens is 4. The molecule has 0 spiro atoms. The standard InChI is InChI=1S/C18H17F4N5O4/c19-10-2-1-8(3-9(10)18(20,21)22)4-23-15-12-16(25-6-24-15)27(7-26-12)17-14(30)13(29)11(5-28)31-17/h1-3,6-7,11,13-14,17,28-30H,4-5H2,(H,23,24,25)/t11-,13-,14+,17-/m1/s1. The fraction of sp³-hybridized carbons (Fsp3) is 0.389. The number of aliphatic hydroxyl groups is 3. The predicted molar refractivity (Wildman–Crippen MR) is 97.1 cm³/mol. The molecule has 166 valence electrons. The summed E-state index contributed by atoms with van der Waals surface area (Å²) in [6.45, 7) is -0.600. The molecule has 1 aromatic carbocycles. The number of fused-ring (bicyclic) bond motifs is 1. The van der Waals surface area contributed by atoms with E-state index in [-0.39, 0.29) is 29.1 Å². The molecule has 3 heterocycles. The van der Waals surface area contributed by atoms with Crippen LogP contribution in [0, 0.1) is 5.82 Å². The number of nitrogens with one attached hydrogen (secondary N) is 1. The zero-order valence-corrected chi connectivity index (χ0v) is 15.7. The van der Waals surface area contributed by atoms with Gasteiger partial charge in [-0.15, -0.1) is 0 Å². The summed E-state index contributed by atoms with van der Waals surface area (Å²) in [4.78, 5) is 12.3. The highest BCUT2D eigenvalue weighted by Gasteiger charge is 2.44. The Balaban J connectivity index is 1.58. The smallest absolute Gasteiger partial charge is 0.394 e. The molecular formula is C18H17F4N5O4. The van der Waals surface area contributed by atoms with Gasteiger partial charge in [-0.2, -0.15) is 13.2 Å². The van der Waals surface area contributed by atoms with Gasteiger partial charge < -0.3 is 25.4 Å². The molecule has 0 radical (unpaired) electrons. The van der Waals surface area contributed by atoms with Gasteiger partial charge >= 0.3 is 6.18 Å². The molecule has 9 nitrogen and oxygen atoms in total. The lowest BCUT2D eigenvalue weighted by atomic mass is 10.1. The molecule has 1 saturated heterocycles. The molecule has 1 aliphatic rings. The highest BCUT2D eigenvalue weighted by atomic mass is 19.4. The Morgan fingerprint density at radius 1 is 1.13 bits per heavy atom. The molecular weight excluding hydrogens is 426 g/mol. The summed E-state index contributed by atoms with van der Waals surface area (Å²) in [5.74, 6) is -1.17. The number of hydrogen-bond donors (Lipinski definition) is 4. The van der Waals surface area contributed by atoms with Crippen molar-refractivity contribution in [3.05, 3.63) is 47.8 Å². The molecule has 4 N–H and O–H groups in total. The summed E-state index contributed by atoms with van der Waals surface area (Å²) >= 11 is 0. The monoisotopic (exact) mass is 443 g/mol. The van der Waals surface area contributed by atoms with E-state index in [9.17, 15) is 32.9 Å². The average molecular weight is 443 g/mol. The Labute approximate surface area is 172 Å². The van der Waals surface area contributed by atoms with Crippen molar-refractivity contribution >= 4 is 17.0 Å². The molecule has 0 bridgehead atoms. The van der Waals surface area contributed by atoms with E-state index >= 15 is 0 Å². The Morgan fingerprint density at radius 2 is 1.90 bits per heavy atom. The summed E-state index contributed by atoms with van der Waals surface area (Å²) in [6.07, 6.45) is -7.06. The quantitative estimate of drug-likeness (QED) is 0.434. The third kappa shape index (κ3) is 3.92. The van der Waals surface area contributed by atoms with Gasteiger partial charge in [-0.1, -0.05) is 6.07 Å². The van der Waals surface area contributed by atoms with Crippen LogP contribution in [0.15, 0.2) is 30.9 Å². The first-order valence-electron chi connectivity index (χ1n) is 9.10. The van der Waals surface area contributed by atoms with E-state index in [0.717, 1.165) is 6.07 Å². The van der Waals surface area contributed by atoms with E-state index < -0.39 is 48.7 Å². The maximum Gasteiger partial charge on any atom is 0.419 e. The Bertz CT molecular complexity index is 1090. The van der Waals surface area contributed by atoms with Gasteiger partial charge in [0.1, 0.15) is 30.5 Å². The Hall–Kier alpha value is -2.87. The highest BCUT2D eigenvalue weighted by Crippen LogP contribution is 2.33. The summed E-state index contributed by atoms with van der Waals surface area (Å²) in [5, 5.41) is 32.2. The van der Waals surface area contributed by atoms with Crippen molar-refractivity contribution in [1.82, 2.24) is 19.5 Å². The summed E-state index contributed by atoms with van der Waals surface area (Å²) in [5.41, 5.74) is -0.738. The zero-order valence-electron chi connectivity index (χ0n) is 15.7. The van der Waals surface area contributed by atoms with Gasteiger partial charge in [0.15, 0.2) is 23.2 Å². The van der Waals surface area contributed by atoms with Crippen molar-refractivity contribution in [2.45, 2.75) is 37.3 Å². The van der Waals surface area contributed by atoms with Crippen LogP contribution in [0.2, 0.25) is 0 Å². The molecule has 0 saturated carbocycles. The number of rotatable bonds is 5. The molecule has 4 rings (SSSR count). The van der Waals surface area contributed by atoms with Gasteiger partial charge in [-0.3, -0.25) is 4.57 Å². The predicted octanol–water partition coefficient (Wildman–Crippen LogP) is 1.21. The van der Waals surface area contributed by atoms with E-state index in [0.29, 0.717) is 6.07 Å². The van der Waals surface area contributed by atoms with Gasteiger partial charge in [-0.05, 0) is 17.7 Å². The third-order valence-corrected chi connectivity index (χ3v) is 4.95. The normalized spacial score (nSPS) is 24.1. The number of halogens is 4. The molecule has 1 fully saturated rings. The first kappa shape index (κ1) is 21.4. The highest BCUT2D eigenvalue weighted by molar-refractivity contribution is 5.82. The minimum absolute atomic E-state index is 0.101. The first-order chi connectivity index (χ1) is 14.7. The van der Waals surface area contributed by atoms with Gasteiger partial charge in [0.25, 0.3) is 0 Å². The summed E-state index contributed by atoms with van der Waals surface area (Å²) < 4.78 is 59.0. The first-order valence-corrected chi connectivity index (χ1v) is 9.10. The largest absolute Gasteiger partial charge is 0.419 e. The maximum absolute atomic E-state index is 13.5. The van der Waals surface area contributed by atoms with Crippen LogP contribution < -0.4 is 5.32 Å². The van der Waals surface area contributed by atoms with Crippen molar-refractivity contribution in [3.8, 4) is 0 Å². The fourth-order valence-corrected chi connectivity index (χ4v) is 3.36. The molecule has 0 amide bonds. The molecule has 1 aliphatic heterocycles. The minimum Gasteiger partial charge on any atom is -0.394 e. The number of nitrogens with zero attached hydrogens (tertiary/aromatic N) is 4. The second-order valence-electron chi connectivity index (χ2n) is 6.94. The number of hydrogen-bond acceptors (Lipinski definition) is 8. The lowest BCUT2D eigenvalue weighted by Crippen LogP contribution is -2.33. The molecule has 4 atom stereocenters. The molecule has 13 heteroatoms. The van der Waals surface area contributed by atoms with E-state index in [2.05, 4.69) is 20.3 Å². The van der Waals surface area contributed by atoms with Crippen molar-refractivity contribution in [1.29, 1.82) is 0 Å². The Morgan fingerprint density at radius 3 is 2.58 bits per heavy atom. The SMILES string of the molecule is OC[C@H]1O[C@@H](n2cnc3c(NCc4ccc(F)c(C(F)(F)F)c4)ncnc32)[C@@H](O)[C@@H]1O. The summed E-state index contributed by atoms with van der Waals surface area (Å²) in [6, 6.07) is 2.66. The summed E-state index contributed by atoms with van der Waals surface area (Å²) in [7, 11) is 0. The number of anilines is 1. The topological polar surface area (TPSA) is 126 Å². The Kier molecular flexibility index (Phi) is 5.51. The zero-order chi connectivity index (χ0) is 22.3. The van der Waals surface area contributed by atoms with Crippen LogP contribution in [0.25, 0.3) is 11.2 Å². The van der Waals surface area contributed by atoms with Crippen LogP contribution in [0.3, 0.4) is 0 Å². The molecule has 31 heavy (non-hydrogen) atoms. The van der Waals surface area contributed by atoms with Crippen LogP contribution in [-0.4, -0.2) is 59.8 Å². The lowest BCUT2D eigenvalue weighted by molar-refractivity contribution is -0.140. The van der Waals surface area contributed by atoms with Crippen LogP contribution >= 0.6 is 0 Å². The van der Waals surface area contributed by atoms with Crippen molar-refractivity contribution in [2.24, 2.45) is 0 Å². The average Bonchev–Trinajstić information content (AvgIpc) is 3.28. The van der Waals surface area contributed by atoms with Crippen molar-refractivity contribution in [2.75, 3.05) is 11.9 Å². The van der Waals surface area contributed by atoms with Gasteiger partial charge in [0, 0.05) is 6.54 Å². The third-order valence-electron chi connectivity index (χ3n) is 4.95. The number of aliphatic hydroxyl groups excluding tert-OH is 3. The van der Waals surface area contributed by atoms with Crippen LogP contribution in [0.4, 0.5) is 23.4 Å². The number of benzene rings is 1. The van der Waals surface area contributed by atoms with E-state index in [1.165, 1.54) is 23.3 Å². The van der Waals surface area contributed by atoms with Crippen LogP contribution in [0.1, 0.15) is 17.4 Å². The van der Waals surface area contributed by atoms with E-state index in [4.69, 9.17) is 4.74 Å². The van der Waals surface area contributed by atoms with E-state index in [1.54, 1.807) is 0 Å². The number of imidazole rings is 1. The van der Waals surface area contributed by atoms with E-state index in [1.807, 2.05) is 0 Å².